The lowest BCUT2D eigenvalue weighted by Gasteiger charge is -2.31. The molecule has 12 nitrogen and oxygen atoms in total. The maximum Gasteiger partial charge on any atom is 0.200 e. The van der Waals surface area contributed by atoms with Crippen molar-refractivity contribution in [2.45, 2.75) is 88.8 Å². The van der Waals surface area contributed by atoms with Gasteiger partial charge in [-0.25, -0.2) is 0 Å². The molecule has 3 atom stereocenters. The van der Waals surface area contributed by atoms with E-state index in [1.165, 1.54) is 18.2 Å². The number of unbranched alkanes of at least 4 members (excludes halogenated alkanes) is 1. The molecule has 0 saturated carbocycles. The number of aromatic hydroxyl groups is 9. The molecule has 0 saturated heterocycles. The lowest BCUT2D eigenvalue weighted by Crippen LogP contribution is -2.31. The predicted octanol–water partition coefficient (Wildman–Crippen LogP) is 4.73. The van der Waals surface area contributed by atoms with Crippen LogP contribution >= 0.6 is 0 Å². The van der Waals surface area contributed by atoms with E-state index in [-0.39, 0.29) is 58.5 Å². The van der Waals surface area contributed by atoms with Crippen molar-refractivity contribution in [1.82, 2.24) is 16.0 Å². The van der Waals surface area contributed by atoms with Gasteiger partial charge in [0.1, 0.15) is 0 Å². The normalized spacial score (nSPS) is 20.9. The topological polar surface area (TPSA) is 218 Å². The number of hydrogen-bond acceptors (Lipinski definition) is 12. The number of rotatable bonds is 11. The maximum absolute atomic E-state index is 10.7. The van der Waals surface area contributed by atoms with E-state index < -0.39 is 17.2 Å². The SMILES string of the molecule is Oc1cc2c(c(O)c1O)C(CCCCC(CCC1NCCc3cc(O)c(O)c(O)c31)CCC1NCCc3cc(O)c(O)c(O)c31)NCC2. The van der Waals surface area contributed by atoms with Crippen LogP contribution in [0, 0.1) is 5.92 Å². The Balaban J connectivity index is 1.15. The molecule has 0 spiro atoms. The van der Waals surface area contributed by atoms with E-state index >= 15 is 0 Å². The van der Waals surface area contributed by atoms with Crippen LogP contribution in [0.2, 0.25) is 0 Å². The van der Waals surface area contributed by atoms with Crippen molar-refractivity contribution in [3.8, 4) is 51.7 Å². The summed E-state index contributed by atoms with van der Waals surface area (Å²) in [5.41, 5.74) is 4.33. The summed E-state index contributed by atoms with van der Waals surface area (Å²) in [5, 5.41) is 103. The van der Waals surface area contributed by atoms with E-state index in [1.807, 2.05) is 0 Å². The van der Waals surface area contributed by atoms with Crippen LogP contribution in [-0.4, -0.2) is 65.6 Å². The van der Waals surface area contributed by atoms with Gasteiger partial charge in [0.05, 0.1) is 0 Å². The first-order valence-corrected chi connectivity index (χ1v) is 17.0. The summed E-state index contributed by atoms with van der Waals surface area (Å²) >= 11 is 0. The summed E-state index contributed by atoms with van der Waals surface area (Å²) in [5.74, 6) is -3.09. The minimum atomic E-state index is -0.511. The molecule has 3 heterocycles. The highest BCUT2D eigenvalue weighted by Crippen LogP contribution is 2.48. The fourth-order valence-corrected chi connectivity index (χ4v) is 8.13. The number of fused-ring (bicyclic) bond motifs is 3. The second-order valence-corrected chi connectivity index (χ2v) is 13.6. The second kappa shape index (κ2) is 14.1. The average molecular weight is 666 g/mol. The Kier molecular flexibility index (Phi) is 9.86. The Labute approximate surface area is 279 Å². The smallest absolute Gasteiger partial charge is 0.200 e. The van der Waals surface area contributed by atoms with E-state index in [4.69, 9.17) is 0 Å². The van der Waals surface area contributed by atoms with Crippen LogP contribution in [0.1, 0.15) is 103 Å². The standard InChI is InChI=1S/C36H47N3O9/c40-25-15-19-9-12-37-22(28(19)34(46)31(25)43)4-2-1-3-18(5-7-23-29-20(10-13-38-23)16-26(41)32(44)35(29)47)6-8-24-30-21(11-14-39-24)17-27(42)33(45)36(30)48/h15-18,22-24,37-48H,1-14H2. The van der Waals surface area contributed by atoms with Crippen molar-refractivity contribution in [1.29, 1.82) is 0 Å². The molecule has 12 N–H and O–H groups in total. The van der Waals surface area contributed by atoms with Crippen LogP contribution in [0.25, 0.3) is 0 Å². The minimum Gasteiger partial charge on any atom is -0.504 e. The summed E-state index contributed by atoms with van der Waals surface area (Å²) in [6, 6.07) is 4.03. The molecule has 3 aromatic rings. The molecule has 6 rings (SSSR count). The highest BCUT2D eigenvalue weighted by molar-refractivity contribution is 5.60. The van der Waals surface area contributed by atoms with Gasteiger partial charge in [-0.15, -0.1) is 0 Å². The molecule has 0 aromatic heterocycles. The molecule has 0 bridgehead atoms. The van der Waals surface area contributed by atoms with Crippen LogP contribution in [0.3, 0.4) is 0 Å². The van der Waals surface area contributed by atoms with Crippen LogP contribution in [0.5, 0.6) is 51.7 Å². The fraction of sp³-hybridized carbons (Fsp3) is 0.500. The van der Waals surface area contributed by atoms with Gasteiger partial charge >= 0.3 is 0 Å². The van der Waals surface area contributed by atoms with E-state index in [0.29, 0.717) is 68.4 Å². The second-order valence-electron chi connectivity index (χ2n) is 13.6. The third-order valence-corrected chi connectivity index (χ3v) is 10.6. The fourth-order valence-electron chi connectivity index (χ4n) is 8.13. The summed E-state index contributed by atoms with van der Waals surface area (Å²) < 4.78 is 0. The van der Waals surface area contributed by atoms with Crippen molar-refractivity contribution < 1.29 is 46.0 Å². The van der Waals surface area contributed by atoms with Crippen molar-refractivity contribution in [2.75, 3.05) is 19.6 Å². The molecule has 0 radical (unpaired) electrons. The van der Waals surface area contributed by atoms with Gasteiger partial charge in [0.15, 0.2) is 34.5 Å². The minimum absolute atomic E-state index is 0.149. The van der Waals surface area contributed by atoms with Gasteiger partial charge < -0.3 is 61.9 Å². The third kappa shape index (κ3) is 6.56. The number of nitrogens with one attached hydrogen (secondary N) is 3. The average Bonchev–Trinajstić information content (AvgIpc) is 3.07. The van der Waals surface area contributed by atoms with Gasteiger partial charge in [0.2, 0.25) is 17.2 Å². The van der Waals surface area contributed by atoms with Gasteiger partial charge in [0.25, 0.3) is 0 Å². The third-order valence-electron chi connectivity index (χ3n) is 10.6. The molecule has 3 aromatic carbocycles. The molecule has 3 unspecified atom stereocenters. The largest absolute Gasteiger partial charge is 0.504 e. The van der Waals surface area contributed by atoms with E-state index in [0.717, 1.165) is 55.2 Å². The maximum atomic E-state index is 10.7. The van der Waals surface area contributed by atoms with Crippen LogP contribution in [-0.2, 0) is 19.3 Å². The van der Waals surface area contributed by atoms with Crippen molar-refractivity contribution in [2.24, 2.45) is 5.92 Å². The molecule has 260 valence electrons. The van der Waals surface area contributed by atoms with Gasteiger partial charge in [0, 0.05) is 34.8 Å². The number of benzene rings is 3. The van der Waals surface area contributed by atoms with Gasteiger partial charge in [-0.05, 0) is 112 Å². The monoisotopic (exact) mass is 665 g/mol. The molecule has 48 heavy (non-hydrogen) atoms. The van der Waals surface area contributed by atoms with Crippen molar-refractivity contribution in [3.63, 3.8) is 0 Å². The summed E-state index contributed by atoms with van der Waals surface area (Å²) in [6.07, 6.45) is 8.28. The highest BCUT2D eigenvalue weighted by atomic mass is 16.3. The van der Waals surface area contributed by atoms with E-state index in [1.54, 1.807) is 0 Å². The Morgan fingerprint density at radius 3 is 1.19 bits per heavy atom. The zero-order valence-electron chi connectivity index (χ0n) is 27.0. The Morgan fingerprint density at radius 1 is 0.458 bits per heavy atom. The molecule has 3 aliphatic rings. The molecule has 3 aliphatic heterocycles. The quantitative estimate of drug-likeness (QED) is 0.0988. The predicted molar refractivity (Wildman–Crippen MR) is 178 cm³/mol. The van der Waals surface area contributed by atoms with E-state index in [9.17, 15) is 46.0 Å². The van der Waals surface area contributed by atoms with Gasteiger partial charge in [-0.2, -0.15) is 0 Å². The first kappa shape index (κ1) is 33.6. The number of hydrogen-bond donors (Lipinski definition) is 12. The molecular formula is C36H47N3O9. The first-order valence-electron chi connectivity index (χ1n) is 17.0. The highest BCUT2D eigenvalue weighted by Gasteiger charge is 2.31. The molecule has 12 heteroatoms. The Hall–Kier alpha value is -4.26. The molecule has 0 fully saturated rings. The Bertz CT molecular complexity index is 1580. The zero-order valence-corrected chi connectivity index (χ0v) is 27.0. The van der Waals surface area contributed by atoms with Crippen molar-refractivity contribution >= 4 is 0 Å². The summed E-state index contributed by atoms with van der Waals surface area (Å²) in [6.45, 7) is 2.07. The molecule has 0 amide bonds. The van der Waals surface area contributed by atoms with Crippen LogP contribution in [0.15, 0.2) is 18.2 Å². The molecular weight excluding hydrogens is 618 g/mol. The first-order chi connectivity index (χ1) is 23.0. The summed E-state index contributed by atoms with van der Waals surface area (Å²) in [7, 11) is 0. The van der Waals surface area contributed by atoms with Crippen LogP contribution < -0.4 is 16.0 Å². The van der Waals surface area contributed by atoms with E-state index in [2.05, 4.69) is 16.0 Å². The number of phenolic OH excluding ortho intramolecular Hbond substituents is 9. The molecule has 0 aliphatic carbocycles. The summed E-state index contributed by atoms with van der Waals surface area (Å²) in [4.78, 5) is 0. The van der Waals surface area contributed by atoms with Crippen molar-refractivity contribution in [3.05, 3.63) is 51.6 Å². The lowest BCUT2D eigenvalue weighted by atomic mass is 9.82. The zero-order chi connectivity index (χ0) is 34.1. The van der Waals surface area contributed by atoms with Crippen LogP contribution in [0.4, 0.5) is 0 Å². The van der Waals surface area contributed by atoms with Gasteiger partial charge in [-0.3, -0.25) is 0 Å². The Morgan fingerprint density at radius 2 is 0.812 bits per heavy atom. The van der Waals surface area contributed by atoms with Gasteiger partial charge in [-0.1, -0.05) is 19.3 Å². The lowest BCUT2D eigenvalue weighted by molar-refractivity contribution is 0.309. The number of phenols is 9.